The summed E-state index contributed by atoms with van der Waals surface area (Å²) in [4.78, 5) is 19.3. The van der Waals surface area contributed by atoms with Crippen molar-refractivity contribution >= 4 is 28.6 Å². The van der Waals surface area contributed by atoms with Gasteiger partial charge < -0.3 is 15.0 Å². The van der Waals surface area contributed by atoms with Gasteiger partial charge in [0.25, 0.3) is 0 Å². The lowest BCUT2D eigenvalue weighted by molar-refractivity contribution is -0.112. The SMILES string of the molecule is O=C1C=C(Nc2ccc(F)cc2)O/C1=C/c1c[nH]c2ncccc12. The minimum Gasteiger partial charge on any atom is -0.437 e. The number of allylic oxidation sites excluding steroid dienone is 1. The van der Waals surface area contributed by atoms with Gasteiger partial charge in [0.15, 0.2) is 5.76 Å². The third-order valence-electron chi connectivity index (χ3n) is 3.61. The molecule has 2 N–H and O–H groups in total. The Balaban J connectivity index is 1.56. The van der Waals surface area contributed by atoms with Gasteiger partial charge in [-0.15, -0.1) is 0 Å². The summed E-state index contributed by atoms with van der Waals surface area (Å²) in [5, 5.41) is 3.84. The van der Waals surface area contributed by atoms with Crippen LogP contribution in [0.15, 0.2) is 66.5 Å². The molecule has 6 heteroatoms. The minimum atomic E-state index is -0.327. The van der Waals surface area contributed by atoms with Gasteiger partial charge in [0, 0.05) is 29.0 Å². The molecule has 1 aromatic carbocycles. The maximum Gasteiger partial charge on any atom is 0.226 e. The third kappa shape index (κ3) is 2.65. The van der Waals surface area contributed by atoms with Crippen molar-refractivity contribution in [3.8, 4) is 0 Å². The van der Waals surface area contributed by atoms with E-state index in [2.05, 4.69) is 15.3 Å². The van der Waals surface area contributed by atoms with Gasteiger partial charge in [0.2, 0.25) is 11.7 Å². The molecule has 1 aliphatic heterocycles. The van der Waals surface area contributed by atoms with Crippen LogP contribution in [0.3, 0.4) is 0 Å². The van der Waals surface area contributed by atoms with Crippen LogP contribution in [0.1, 0.15) is 5.56 Å². The lowest BCUT2D eigenvalue weighted by Crippen LogP contribution is -1.99. The molecule has 3 aromatic rings. The average Bonchev–Trinajstić information content (AvgIpc) is 3.14. The number of H-pyrrole nitrogens is 1. The van der Waals surface area contributed by atoms with E-state index in [-0.39, 0.29) is 17.4 Å². The molecule has 3 heterocycles. The van der Waals surface area contributed by atoms with Crippen molar-refractivity contribution in [2.24, 2.45) is 0 Å². The number of aromatic nitrogens is 2. The molecule has 0 fully saturated rings. The van der Waals surface area contributed by atoms with Crippen molar-refractivity contribution in [1.82, 2.24) is 9.97 Å². The standard InChI is InChI=1S/C18H12FN3O2/c19-12-3-5-13(6-4-12)22-17-9-15(23)16(24-17)8-11-10-21-18-14(11)2-1-7-20-18/h1-10,22H,(H,20,21)/b16-8+. The Morgan fingerprint density at radius 1 is 1.21 bits per heavy atom. The lowest BCUT2D eigenvalue weighted by Gasteiger charge is -2.07. The molecule has 0 spiro atoms. The highest BCUT2D eigenvalue weighted by molar-refractivity contribution is 6.09. The smallest absolute Gasteiger partial charge is 0.226 e. The summed E-state index contributed by atoms with van der Waals surface area (Å²) in [7, 11) is 0. The number of aromatic amines is 1. The van der Waals surface area contributed by atoms with Gasteiger partial charge in [-0.25, -0.2) is 9.37 Å². The zero-order valence-corrected chi connectivity index (χ0v) is 12.4. The molecule has 1 aliphatic rings. The van der Waals surface area contributed by atoms with Crippen molar-refractivity contribution < 1.29 is 13.9 Å². The number of carbonyl (C=O) groups is 1. The topological polar surface area (TPSA) is 67.0 Å². The molecule has 0 amide bonds. The Bertz CT molecular complexity index is 987. The van der Waals surface area contributed by atoms with Crippen molar-refractivity contribution in [3.63, 3.8) is 0 Å². The molecule has 5 nitrogen and oxygen atoms in total. The van der Waals surface area contributed by atoms with E-state index in [0.717, 1.165) is 16.6 Å². The zero-order chi connectivity index (χ0) is 16.5. The summed E-state index contributed by atoms with van der Waals surface area (Å²) in [6.07, 6.45) is 6.49. The van der Waals surface area contributed by atoms with E-state index in [0.29, 0.717) is 11.6 Å². The van der Waals surface area contributed by atoms with Crippen molar-refractivity contribution in [1.29, 1.82) is 0 Å². The fourth-order valence-electron chi connectivity index (χ4n) is 2.46. The van der Waals surface area contributed by atoms with E-state index < -0.39 is 0 Å². The molecule has 2 aromatic heterocycles. The number of fused-ring (bicyclic) bond motifs is 1. The Labute approximate surface area is 136 Å². The van der Waals surface area contributed by atoms with Gasteiger partial charge in [0.1, 0.15) is 11.5 Å². The quantitative estimate of drug-likeness (QED) is 0.723. The summed E-state index contributed by atoms with van der Waals surface area (Å²) in [6.45, 7) is 0. The highest BCUT2D eigenvalue weighted by Gasteiger charge is 2.21. The molecule has 0 atom stereocenters. The lowest BCUT2D eigenvalue weighted by atomic mass is 10.2. The first-order valence-electron chi connectivity index (χ1n) is 7.29. The van der Waals surface area contributed by atoms with E-state index >= 15 is 0 Å². The average molecular weight is 321 g/mol. The number of carbonyl (C=O) groups excluding carboxylic acids is 1. The molecule has 0 saturated carbocycles. The number of rotatable bonds is 3. The Morgan fingerprint density at radius 3 is 2.88 bits per heavy atom. The van der Waals surface area contributed by atoms with E-state index in [9.17, 15) is 9.18 Å². The van der Waals surface area contributed by atoms with Gasteiger partial charge in [0.05, 0.1) is 6.08 Å². The number of ketones is 1. The normalized spacial score (nSPS) is 15.6. The van der Waals surface area contributed by atoms with Crippen LogP contribution < -0.4 is 5.32 Å². The largest absolute Gasteiger partial charge is 0.437 e. The number of hydrogen-bond donors (Lipinski definition) is 2. The summed E-state index contributed by atoms with van der Waals surface area (Å²) in [5.41, 5.74) is 2.19. The Morgan fingerprint density at radius 2 is 2.04 bits per heavy atom. The number of hydrogen-bond acceptors (Lipinski definition) is 4. The summed E-state index contributed by atoms with van der Waals surface area (Å²) >= 11 is 0. The van der Waals surface area contributed by atoms with Crippen molar-refractivity contribution in [2.75, 3.05) is 5.32 Å². The summed E-state index contributed by atoms with van der Waals surface area (Å²) in [5.74, 6) is -0.0514. The molecule has 0 aliphatic carbocycles. The number of nitrogens with one attached hydrogen (secondary N) is 2. The number of halogens is 1. The monoisotopic (exact) mass is 321 g/mol. The van der Waals surface area contributed by atoms with Crippen molar-refractivity contribution in [2.45, 2.75) is 0 Å². The zero-order valence-electron chi connectivity index (χ0n) is 12.4. The highest BCUT2D eigenvalue weighted by Crippen LogP contribution is 2.25. The van der Waals surface area contributed by atoms with Crippen LogP contribution in [-0.2, 0) is 9.53 Å². The second-order valence-corrected chi connectivity index (χ2v) is 5.26. The molecular weight excluding hydrogens is 309 g/mol. The molecule has 0 bridgehead atoms. The van der Waals surface area contributed by atoms with E-state index in [1.807, 2.05) is 12.1 Å². The third-order valence-corrected chi connectivity index (χ3v) is 3.61. The van der Waals surface area contributed by atoms with Crippen LogP contribution in [0.5, 0.6) is 0 Å². The number of benzene rings is 1. The predicted octanol–water partition coefficient (Wildman–Crippen LogP) is 3.60. The van der Waals surface area contributed by atoms with Crippen LogP contribution in [0.2, 0.25) is 0 Å². The van der Waals surface area contributed by atoms with Gasteiger partial charge in [-0.2, -0.15) is 0 Å². The first-order chi connectivity index (χ1) is 11.7. The molecular formula is C18H12FN3O2. The van der Waals surface area contributed by atoms with Crippen LogP contribution >= 0.6 is 0 Å². The maximum absolute atomic E-state index is 12.9. The van der Waals surface area contributed by atoms with Crippen LogP contribution in [0.4, 0.5) is 10.1 Å². The first kappa shape index (κ1) is 14.2. The number of pyridine rings is 1. The van der Waals surface area contributed by atoms with Crippen molar-refractivity contribution in [3.05, 3.63) is 77.9 Å². The van der Waals surface area contributed by atoms with Gasteiger partial charge in [-0.3, -0.25) is 4.79 Å². The summed E-state index contributed by atoms with van der Waals surface area (Å²) in [6, 6.07) is 9.53. The van der Waals surface area contributed by atoms with Gasteiger partial charge in [-0.05, 0) is 42.5 Å². The van der Waals surface area contributed by atoms with E-state index in [1.165, 1.54) is 18.2 Å². The second-order valence-electron chi connectivity index (χ2n) is 5.26. The molecule has 0 radical (unpaired) electrons. The second kappa shape index (κ2) is 5.66. The molecule has 4 rings (SSSR count). The molecule has 0 unspecified atom stereocenters. The fraction of sp³-hybridized carbons (Fsp3) is 0. The maximum atomic E-state index is 12.9. The Hall–Kier alpha value is -3.41. The molecule has 118 valence electrons. The number of anilines is 1. The molecule has 0 saturated heterocycles. The minimum absolute atomic E-state index is 0.212. The van der Waals surface area contributed by atoms with Gasteiger partial charge in [-0.1, -0.05) is 0 Å². The first-order valence-corrected chi connectivity index (χ1v) is 7.29. The fourth-order valence-corrected chi connectivity index (χ4v) is 2.46. The van der Waals surface area contributed by atoms with E-state index in [1.54, 1.807) is 30.6 Å². The number of nitrogens with zero attached hydrogens (tertiary/aromatic N) is 1. The number of ether oxygens (including phenoxy) is 1. The van der Waals surface area contributed by atoms with Crippen LogP contribution in [0.25, 0.3) is 17.1 Å². The summed E-state index contributed by atoms with van der Waals surface area (Å²) < 4.78 is 18.5. The highest BCUT2D eigenvalue weighted by atomic mass is 19.1. The Kier molecular flexibility index (Phi) is 3.35. The van der Waals surface area contributed by atoms with Crippen LogP contribution in [0, 0.1) is 5.82 Å². The predicted molar refractivity (Wildman–Crippen MR) is 88.3 cm³/mol. The van der Waals surface area contributed by atoms with E-state index in [4.69, 9.17) is 4.74 Å². The molecule has 24 heavy (non-hydrogen) atoms. The van der Waals surface area contributed by atoms with Crippen LogP contribution in [-0.4, -0.2) is 15.8 Å². The van der Waals surface area contributed by atoms with Gasteiger partial charge >= 0.3 is 0 Å².